The fourth-order valence-corrected chi connectivity index (χ4v) is 4.05. The van der Waals surface area contributed by atoms with Crippen LogP contribution in [0.25, 0.3) is 11.0 Å². The van der Waals surface area contributed by atoms with E-state index in [4.69, 9.17) is 9.15 Å². The van der Waals surface area contributed by atoms with Gasteiger partial charge in [-0.2, -0.15) is 0 Å². The lowest BCUT2D eigenvalue weighted by molar-refractivity contribution is -0.535. The van der Waals surface area contributed by atoms with E-state index in [-0.39, 0.29) is 11.5 Å². The number of carbonyl (C=O) groups excluding carboxylic acids is 1. The number of ether oxygens (including phenoxy) is 1. The number of hydrogen-bond acceptors (Lipinski definition) is 6. The van der Waals surface area contributed by atoms with Crippen LogP contribution < -0.4 is 5.32 Å². The second-order valence-corrected chi connectivity index (χ2v) is 7.73. The van der Waals surface area contributed by atoms with Gasteiger partial charge in [0.25, 0.3) is 0 Å². The first-order valence-electron chi connectivity index (χ1n) is 8.78. The zero-order valence-corrected chi connectivity index (χ0v) is 15.4. The Kier molecular flexibility index (Phi) is 4.75. The van der Waals surface area contributed by atoms with E-state index in [1.165, 1.54) is 0 Å². The zero-order chi connectivity index (χ0) is 19.1. The average Bonchev–Trinajstić information content (AvgIpc) is 3.18. The minimum absolute atomic E-state index is 0.232. The molecule has 1 aromatic carbocycles. The minimum atomic E-state index is -0.972. The van der Waals surface area contributed by atoms with E-state index in [9.17, 15) is 14.9 Å². The molecule has 0 spiro atoms. The molecule has 1 saturated heterocycles. The average molecular weight is 360 g/mol. The van der Waals surface area contributed by atoms with Gasteiger partial charge >= 0.3 is 5.97 Å². The van der Waals surface area contributed by atoms with Crippen molar-refractivity contribution in [2.24, 2.45) is 11.3 Å². The third-order valence-electron chi connectivity index (χ3n) is 5.06. The highest BCUT2D eigenvalue weighted by molar-refractivity contribution is 5.82. The van der Waals surface area contributed by atoms with Crippen molar-refractivity contribution >= 4 is 16.9 Å². The molecule has 0 bridgehead atoms. The Balaban J connectivity index is 2.11. The topological polar surface area (TPSA) is 94.6 Å². The highest BCUT2D eigenvalue weighted by Gasteiger charge is 2.58. The van der Waals surface area contributed by atoms with E-state index in [2.05, 4.69) is 5.32 Å². The maximum absolute atomic E-state index is 12.5. The molecular weight excluding hydrogens is 336 g/mol. The Morgan fingerprint density at radius 2 is 2.08 bits per heavy atom. The summed E-state index contributed by atoms with van der Waals surface area (Å²) in [4.78, 5) is 24.3. The number of para-hydroxylation sites is 1. The molecule has 1 aliphatic rings. The van der Waals surface area contributed by atoms with Crippen LogP contribution in [0.1, 0.15) is 39.3 Å². The molecule has 26 heavy (non-hydrogen) atoms. The van der Waals surface area contributed by atoms with E-state index in [0.717, 1.165) is 5.39 Å². The third kappa shape index (κ3) is 3.07. The van der Waals surface area contributed by atoms with Crippen LogP contribution in [-0.2, 0) is 9.53 Å². The quantitative estimate of drug-likeness (QED) is 0.511. The Labute approximate surface area is 151 Å². The second kappa shape index (κ2) is 6.72. The summed E-state index contributed by atoms with van der Waals surface area (Å²) in [5, 5.41) is 16.1. The number of esters is 1. The number of rotatable bonds is 4. The summed E-state index contributed by atoms with van der Waals surface area (Å²) in [5.41, 5.74) is 0.831. The van der Waals surface area contributed by atoms with Crippen molar-refractivity contribution in [3.63, 3.8) is 0 Å². The first-order chi connectivity index (χ1) is 12.3. The Hall–Kier alpha value is -2.41. The number of nitrogens with one attached hydrogen (secondary N) is 1. The molecule has 0 radical (unpaired) electrons. The Bertz CT molecular complexity index is 823. The highest BCUT2D eigenvalue weighted by Crippen LogP contribution is 2.45. The highest BCUT2D eigenvalue weighted by atomic mass is 16.6. The molecule has 1 aliphatic heterocycles. The molecule has 0 saturated carbocycles. The van der Waals surface area contributed by atoms with E-state index in [1.807, 2.05) is 45.0 Å². The molecule has 1 aromatic heterocycles. The van der Waals surface area contributed by atoms with Crippen LogP contribution in [0, 0.1) is 21.4 Å². The van der Waals surface area contributed by atoms with E-state index < -0.39 is 35.4 Å². The summed E-state index contributed by atoms with van der Waals surface area (Å²) < 4.78 is 10.8. The molecule has 2 aromatic rings. The van der Waals surface area contributed by atoms with Crippen molar-refractivity contribution in [3.05, 3.63) is 46.2 Å². The van der Waals surface area contributed by atoms with Gasteiger partial charge in [0.2, 0.25) is 6.04 Å². The van der Waals surface area contributed by atoms with Crippen molar-refractivity contribution in [2.45, 2.75) is 45.8 Å². The first-order valence-corrected chi connectivity index (χ1v) is 8.78. The number of hydrogen-bond donors (Lipinski definition) is 1. The third-order valence-corrected chi connectivity index (χ3v) is 5.06. The van der Waals surface area contributed by atoms with Gasteiger partial charge in [-0.3, -0.25) is 20.2 Å². The van der Waals surface area contributed by atoms with Crippen LogP contribution in [0.5, 0.6) is 0 Å². The number of fused-ring (bicyclic) bond motifs is 1. The van der Waals surface area contributed by atoms with E-state index in [0.29, 0.717) is 11.1 Å². The van der Waals surface area contributed by atoms with Crippen molar-refractivity contribution < 1.29 is 18.9 Å². The summed E-state index contributed by atoms with van der Waals surface area (Å²) in [6, 6.07) is 5.00. The molecule has 0 aliphatic carbocycles. The SMILES string of the molecule is CCOC(=O)[C@H]1N[C@@H](c2cccc3ccoc23)[C@@H]([N+](=O)[O-])[C@@H]1C(C)(C)C. The zero-order valence-electron chi connectivity index (χ0n) is 15.4. The van der Waals surface area contributed by atoms with Gasteiger partial charge in [0.15, 0.2) is 0 Å². The molecule has 7 nitrogen and oxygen atoms in total. The maximum Gasteiger partial charge on any atom is 0.323 e. The Morgan fingerprint density at radius 1 is 1.35 bits per heavy atom. The predicted octanol–water partition coefficient (Wildman–Crippen LogP) is 3.32. The molecule has 3 rings (SSSR count). The molecular formula is C19H24N2O5. The van der Waals surface area contributed by atoms with E-state index in [1.54, 1.807) is 13.2 Å². The van der Waals surface area contributed by atoms with Gasteiger partial charge < -0.3 is 9.15 Å². The second-order valence-electron chi connectivity index (χ2n) is 7.73. The summed E-state index contributed by atoms with van der Waals surface area (Å²) in [5.74, 6) is -0.972. The van der Waals surface area contributed by atoms with Crippen molar-refractivity contribution in [2.75, 3.05) is 6.61 Å². The summed E-state index contributed by atoms with van der Waals surface area (Å²) in [6.45, 7) is 7.70. The first kappa shape index (κ1) is 18.4. The van der Waals surface area contributed by atoms with Crippen LogP contribution in [0.2, 0.25) is 0 Å². The largest absolute Gasteiger partial charge is 0.465 e. The van der Waals surface area contributed by atoms with Gasteiger partial charge in [0, 0.05) is 15.9 Å². The maximum atomic E-state index is 12.5. The molecule has 1 fully saturated rings. The number of benzene rings is 1. The fraction of sp³-hybridized carbons (Fsp3) is 0.526. The normalized spacial score (nSPS) is 26.2. The van der Waals surface area contributed by atoms with Crippen LogP contribution in [0.4, 0.5) is 0 Å². The summed E-state index contributed by atoms with van der Waals surface area (Å²) in [7, 11) is 0. The smallest absolute Gasteiger partial charge is 0.323 e. The molecule has 0 amide bonds. The van der Waals surface area contributed by atoms with Crippen LogP contribution in [-0.4, -0.2) is 29.6 Å². The number of nitrogens with zero attached hydrogens (tertiary/aromatic N) is 1. The molecule has 2 heterocycles. The van der Waals surface area contributed by atoms with Crippen LogP contribution >= 0.6 is 0 Å². The predicted molar refractivity (Wildman–Crippen MR) is 96.2 cm³/mol. The number of furan rings is 1. The van der Waals surface area contributed by atoms with Crippen molar-refractivity contribution in [1.82, 2.24) is 5.32 Å². The van der Waals surface area contributed by atoms with Crippen LogP contribution in [0.15, 0.2) is 34.9 Å². The van der Waals surface area contributed by atoms with Crippen LogP contribution in [0.3, 0.4) is 0 Å². The van der Waals surface area contributed by atoms with Gasteiger partial charge in [-0.15, -0.1) is 0 Å². The lowest BCUT2D eigenvalue weighted by atomic mass is 9.73. The van der Waals surface area contributed by atoms with Crippen molar-refractivity contribution in [3.8, 4) is 0 Å². The lowest BCUT2D eigenvalue weighted by Crippen LogP contribution is -2.45. The summed E-state index contributed by atoms with van der Waals surface area (Å²) >= 11 is 0. The van der Waals surface area contributed by atoms with Gasteiger partial charge in [-0.05, 0) is 18.4 Å². The van der Waals surface area contributed by atoms with Gasteiger partial charge in [0.1, 0.15) is 17.7 Å². The lowest BCUT2D eigenvalue weighted by Gasteiger charge is -2.31. The van der Waals surface area contributed by atoms with E-state index >= 15 is 0 Å². The summed E-state index contributed by atoms with van der Waals surface area (Å²) in [6.07, 6.45) is 1.56. The Morgan fingerprint density at radius 3 is 2.69 bits per heavy atom. The molecule has 140 valence electrons. The monoisotopic (exact) mass is 360 g/mol. The van der Waals surface area contributed by atoms with Gasteiger partial charge in [-0.1, -0.05) is 39.0 Å². The number of carbonyl (C=O) groups is 1. The molecule has 4 atom stereocenters. The standard InChI is InChI=1S/C19H24N2O5/c1-5-25-18(22)15-13(19(2,3)4)16(21(23)24)14(20-15)12-8-6-7-11-9-10-26-17(11)12/h6-10,13-16,20H,5H2,1-4H3/t13-,14+,15+,16+/m1/s1. The molecule has 0 unspecified atom stereocenters. The molecule has 1 N–H and O–H groups in total. The minimum Gasteiger partial charge on any atom is -0.465 e. The van der Waals surface area contributed by atoms with Crippen molar-refractivity contribution in [1.29, 1.82) is 0 Å². The molecule has 7 heteroatoms. The fourth-order valence-electron chi connectivity index (χ4n) is 4.05. The van der Waals surface area contributed by atoms with Gasteiger partial charge in [-0.25, -0.2) is 0 Å². The number of nitro groups is 1. The van der Waals surface area contributed by atoms with Gasteiger partial charge in [0.05, 0.1) is 18.8 Å².